The highest BCUT2D eigenvalue weighted by atomic mass is 16.2. The lowest BCUT2D eigenvalue weighted by Gasteiger charge is -2.35. The maximum Gasteiger partial charge on any atom is 0.238 e. The van der Waals surface area contributed by atoms with Crippen molar-refractivity contribution in [2.75, 3.05) is 4.90 Å². The van der Waals surface area contributed by atoms with Gasteiger partial charge in [-0.3, -0.25) is 14.5 Å². The quantitative estimate of drug-likeness (QED) is 0.634. The number of aldehydes is 1. The average Bonchev–Trinajstić information content (AvgIpc) is 2.84. The molecule has 1 aromatic carbocycles. The second kappa shape index (κ2) is 5.43. The van der Waals surface area contributed by atoms with E-state index in [2.05, 4.69) is 0 Å². The van der Waals surface area contributed by atoms with Crippen LogP contribution in [0, 0.1) is 11.3 Å². The van der Waals surface area contributed by atoms with Crippen LogP contribution in [0.15, 0.2) is 30.3 Å². The number of hydrogen-bond donors (Lipinski definition) is 0. The number of carbonyl (C=O) groups is 3. The molecule has 2 aliphatic rings. The molecule has 110 valence electrons. The van der Waals surface area contributed by atoms with Crippen molar-refractivity contribution >= 4 is 23.8 Å². The molecule has 1 heterocycles. The highest BCUT2D eigenvalue weighted by Crippen LogP contribution is 2.46. The van der Waals surface area contributed by atoms with Crippen LogP contribution in [-0.2, 0) is 14.4 Å². The molecule has 0 bridgehead atoms. The molecule has 3 rings (SSSR count). The van der Waals surface area contributed by atoms with Gasteiger partial charge in [0.25, 0.3) is 0 Å². The van der Waals surface area contributed by atoms with Crippen LogP contribution in [0.4, 0.5) is 5.69 Å². The smallest absolute Gasteiger partial charge is 0.238 e. The zero-order chi connectivity index (χ0) is 14.9. The number of rotatable bonds is 3. The number of carbonyl (C=O) groups excluding carboxylic acids is 3. The summed E-state index contributed by atoms with van der Waals surface area (Å²) in [6, 6.07) is 8.97. The van der Waals surface area contributed by atoms with Gasteiger partial charge >= 0.3 is 0 Å². The van der Waals surface area contributed by atoms with Crippen molar-refractivity contribution in [1.82, 2.24) is 0 Å². The third-order valence-corrected chi connectivity index (χ3v) is 4.87. The molecule has 0 N–H and O–H groups in total. The molecule has 21 heavy (non-hydrogen) atoms. The highest BCUT2D eigenvalue weighted by molar-refractivity contribution is 6.21. The van der Waals surface area contributed by atoms with Crippen molar-refractivity contribution in [3.63, 3.8) is 0 Å². The van der Waals surface area contributed by atoms with Crippen molar-refractivity contribution in [3.05, 3.63) is 30.3 Å². The number of imide groups is 1. The summed E-state index contributed by atoms with van der Waals surface area (Å²) in [7, 11) is 0. The van der Waals surface area contributed by atoms with Gasteiger partial charge in [-0.15, -0.1) is 0 Å². The Balaban J connectivity index is 1.91. The molecule has 1 unspecified atom stereocenters. The van der Waals surface area contributed by atoms with Crippen molar-refractivity contribution < 1.29 is 14.4 Å². The van der Waals surface area contributed by atoms with Gasteiger partial charge < -0.3 is 4.79 Å². The minimum absolute atomic E-state index is 0.159. The third kappa shape index (κ3) is 2.28. The maximum atomic E-state index is 12.7. The van der Waals surface area contributed by atoms with Gasteiger partial charge in [0.1, 0.15) is 6.29 Å². The number of anilines is 1. The van der Waals surface area contributed by atoms with Gasteiger partial charge in [-0.1, -0.05) is 37.5 Å². The Morgan fingerprint density at radius 2 is 1.71 bits per heavy atom. The molecule has 2 fully saturated rings. The minimum atomic E-state index is -0.630. The second-order valence-electron chi connectivity index (χ2n) is 6.07. The molecule has 1 aliphatic heterocycles. The number of nitrogens with zero attached hydrogens (tertiary/aromatic N) is 1. The van der Waals surface area contributed by atoms with Crippen molar-refractivity contribution in [1.29, 1.82) is 0 Å². The normalized spacial score (nSPS) is 25.1. The molecule has 1 saturated heterocycles. The van der Waals surface area contributed by atoms with E-state index in [9.17, 15) is 14.4 Å². The predicted octanol–water partition coefficient (Wildman–Crippen LogP) is 2.72. The number of hydrogen-bond acceptors (Lipinski definition) is 3. The summed E-state index contributed by atoms with van der Waals surface area (Å²) in [4.78, 5) is 37.9. The fourth-order valence-corrected chi connectivity index (χ4v) is 3.69. The first-order valence-corrected chi connectivity index (χ1v) is 7.56. The molecule has 1 saturated carbocycles. The van der Waals surface area contributed by atoms with Crippen LogP contribution in [0.1, 0.15) is 38.5 Å². The van der Waals surface area contributed by atoms with E-state index in [0.717, 1.165) is 38.4 Å². The monoisotopic (exact) mass is 285 g/mol. The first kappa shape index (κ1) is 14.0. The summed E-state index contributed by atoms with van der Waals surface area (Å²) < 4.78 is 0. The van der Waals surface area contributed by atoms with E-state index in [1.165, 1.54) is 4.90 Å². The van der Waals surface area contributed by atoms with Crippen LogP contribution in [0.3, 0.4) is 0 Å². The van der Waals surface area contributed by atoms with E-state index in [-0.39, 0.29) is 18.2 Å². The molecular formula is C17H19NO3. The summed E-state index contributed by atoms with van der Waals surface area (Å²) >= 11 is 0. The Bertz CT molecular complexity index is 561. The molecule has 4 nitrogen and oxygen atoms in total. The lowest BCUT2D eigenvalue weighted by atomic mass is 9.66. The fourth-order valence-electron chi connectivity index (χ4n) is 3.69. The van der Waals surface area contributed by atoms with E-state index in [0.29, 0.717) is 5.69 Å². The van der Waals surface area contributed by atoms with Crippen LogP contribution in [0.2, 0.25) is 0 Å². The molecule has 2 amide bonds. The van der Waals surface area contributed by atoms with Gasteiger partial charge in [-0.05, 0) is 25.0 Å². The Kier molecular flexibility index (Phi) is 3.62. The second-order valence-corrected chi connectivity index (χ2v) is 6.07. The maximum absolute atomic E-state index is 12.7. The molecule has 1 aromatic rings. The van der Waals surface area contributed by atoms with E-state index in [1.807, 2.05) is 6.07 Å². The largest absolute Gasteiger partial charge is 0.303 e. The van der Waals surface area contributed by atoms with E-state index < -0.39 is 11.3 Å². The Labute approximate surface area is 124 Å². The van der Waals surface area contributed by atoms with Crippen LogP contribution in [-0.4, -0.2) is 18.1 Å². The summed E-state index contributed by atoms with van der Waals surface area (Å²) in [5, 5.41) is 0. The van der Waals surface area contributed by atoms with Gasteiger partial charge in [0.2, 0.25) is 11.8 Å². The van der Waals surface area contributed by atoms with Gasteiger partial charge in [0.05, 0.1) is 11.6 Å². The standard InChI is InChI=1S/C17H19NO3/c19-12-17(9-5-2-6-10-17)14-11-15(20)18(16(14)21)13-7-3-1-4-8-13/h1,3-4,7-8,12,14H,2,5-6,9-11H2. The number of amides is 2. The van der Waals surface area contributed by atoms with E-state index in [1.54, 1.807) is 24.3 Å². The first-order chi connectivity index (χ1) is 10.2. The molecular weight excluding hydrogens is 266 g/mol. The van der Waals surface area contributed by atoms with Crippen molar-refractivity contribution in [3.8, 4) is 0 Å². The van der Waals surface area contributed by atoms with E-state index in [4.69, 9.17) is 0 Å². The van der Waals surface area contributed by atoms with Crippen molar-refractivity contribution in [2.45, 2.75) is 38.5 Å². The summed E-state index contributed by atoms with van der Waals surface area (Å²) in [6.07, 6.45) is 5.57. The summed E-state index contributed by atoms with van der Waals surface area (Å²) in [6.45, 7) is 0. The zero-order valence-electron chi connectivity index (χ0n) is 12.0. The van der Waals surface area contributed by atoms with Crippen LogP contribution in [0.5, 0.6) is 0 Å². The van der Waals surface area contributed by atoms with E-state index >= 15 is 0 Å². The number of para-hydroxylation sites is 1. The molecule has 1 atom stereocenters. The predicted molar refractivity (Wildman–Crippen MR) is 78.6 cm³/mol. The Morgan fingerprint density at radius 3 is 2.33 bits per heavy atom. The van der Waals surface area contributed by atoms with Crippen LogP contribution >= 0.6 is 0 Å². The SMILES string of the molecule is O=CC1(C2CC(=O)N(c3ccccc3)C2=O)CCCCC1. The highest BCUT2D eigenvalue weighted by Gasteiger charge is 2.51. The number of benzene rings is 1. The molecule has 1 aliphatic carbocycles. The average molecular weight is 285 g/mol. The molecule has 4 heteroatoms. The molecule has 0 spiro atoms. The first-order valence-electron chi connectivity index (χ1n) is 7.56. The zero-order valence-corrected chi connectivity index (χ0v) is 12.0. The van der Waals surface area contributed by atoms with Gasteiger partial charge in [0, 0.05) is 11.8 Å². The lowest BCUT2D eigenvalue weighted by Crippen LogP contribution is -2.40. The van der Waals surface area contributed by atoms with Gasteiger partial charge in [-0.25, -0.2) is 0 Å². The van der Waals surface area contributed by atoms with Crippen LogP contribution < -0.4 is 4.90 Å². The van der Waals surface area contributed by atoms with Gasteiger partial charge in [-0.2, -0.15) is 0 Å². The minimum Gasteiger partial charge on any atom is -0.303 e. The molecule has 0 radical (unpaired) electrons. The summed E-state index contributed by atoms with van der Waals surface area (Å²) in [5.74, 6) is -0.883. The van der Waals surface area contributed by atoms with Crippen LogP contribution in [0.25, 0.3) is 0 Å². The topological polar surface area (TPSA) is 54.5 Å². The Morgan fingerprint density at radius 1 is 1.05 bits per heavy atom. The Hall–Kier alpha value is -1.97. The van der Waals surface area contributed by atoms with Gasteiger partial charge in [0.15, 0.2) is 0 Å². The van der Waals surface area contributed by atoms with Crippen molar-refractivity contribution in [2.24, 2.45) is 11.3 Å². The molecule has 0 aromatic heterocycles. The third-order valence-electron chi connectivity index (χ3n) is 4.87. The fraction of sp³-hybridized carbons (Fsp3) is 0.471. The lowest BCUT2D eigenvalue weighted by molar-refractivity contribution is -0.132. The summed E-state index contributed by atoms with van der Waals surface area (Å²) in [5.41, 5.74) is -0.0269.